The summed E-state index contributed by atoms with van der Waals surface area (Å²) in [5.74, 6) is 1.27. The lowest BCUT2D eigenvalue weighted by molar-refractivity contribution is -0.0757. The summed E-state index contributed by atoms with van der Waals surface area (Å²) in [5, 5.41) is 11.0. The molecule has 2 aromatic heterocycles. The highest BCUT2D eigenvalue weighted by Crippen LogP contribution is 2.38. The average Bonchev–Trinajstić information content (AvgIpc) is 3.41. The number of methoxy groups -OCH3 is 1. The van der Waals surface area contributed by atoms with Gasteiger partial charge in [0.05, 0.1) is 38.6 Å². The van der Waals surface area contributed by atoms with E-state index < -0.39 is 0 Å². The third kappa shape index (κ3) is 4.92. The number of ether oxygens (including phenoxy) is 3. The number of carbonyl (C=O) groups is 1. The highest BCUT2D eigenvalue weighted by atomic mass is 16.7. The standard InChI is InChI=1S/C29H27N3O6/c1-32(35-3)29(33)19-4-6-23(26(15-19)34-2)27-16-24-28(38-27)22(8-11-31-24)18-5-7-25(20(14-18)17-30)37-21-9-12-36-13-10-21/h4-8,11,14-16,21H,9-10,12-13H2,1-3H3. The Labute approximate surface area is 220 Å². The van der Waals surface area contributed by atoms with Crippen molar-refractivity contribution in [2.24, 2.45) is 0 Å². The molecule has 38 heavy (non-hydrogen) atoms. The van der Waals surface area contributed by atoms with Crippen LogP contribution >= 0.6 is 0 Å². The highest BCUT2D eigenvalue weighted by Gasteiger charge is 2.20. The number of nitrogens with zero attached hydrogens (tertiary/aromatic N) is 3. The van der Waals surface area contributed by atoms with Crippen molar-refractivity contribution in [3.63, 3.8) is 0 Å². The molecule has 2 aromatic carbocycles. The van der Waals surface area contributed by atoms with Crippen molar-refractivity contribution in [2.75, 3.05) is 34.5 Å². The molecule has 0 atom stereocenters. The van der Waals surface area contributed by atoms with Gasteiger partial charge in [-0.1, -0.05) is 6.07 Å². The largest absolute Gasteiger partial charge is 0.496 e. The van der Waals surface area contributed by atoms with Gasteiger partial charge in [0.2, 0.25) is 0 Å². The number of rotatable bonds is 7. The van der Waals surface area contributed by atoms with Crippen LogP contribution in [0.1, 0.15) is 28.8 Å². The van der Waals surface area contributed by atoms with E-state index in [0.29, 0.717) is 58.3 Å². The number of nitriles is 1. The van der Waals surface area contributed by atoms with Gasteiger partial charge in [-0.25, -0.2) is 5.06 Å². The lowest BCUT2D eigenvalue weighted by atomic mass is 10.0. The maximum absolute atomic E-state index is 12.5. The van der Waals surface area contributed by atoms with E-state index >= 15 is 0 Å². The topological polar surface area (TPSA) is 107 Å². The Morgan fingerprint density at radius 2 is 1.87 bits per heavy atom. The minimum absolute atomic E-state index is 0.0357. The molecule has 3 heterocycles. The molecular formula is C29H27N3O6. The van der Waals surface area contributed by atoms with Gasteiger partial charge in [0.15, 0.2) is 5.58 Å². The smallest absolute Gasteiger partial charge is 0.277 e. The molecule has 1 saturated heterocycles. The van der Waals surface area contributed by atoms with Gasteiger partial charge in [-0.2, -0.15) is 5.26 Å². The first-order valence-electron chi connectivity index (χ1n) is 12.2. The zero-order valence-corrected chi connectivity index (χ0v) is 21.4. The van der Waals surface area contributed by atoms with Crippen molar-refractivity contribution >= 4 is 17.0 Å². The summed E-state index contributed by atoms with van der Waals surface area (Å²) in [6, 6.07) is 16.6. The third-order valence-electron chi connectivity index (χ3n) is 6.56. The van der Waals surface area contributed by atoms with Crippen molar-refractivity contribution in [2.45, 2.75) is 18.9 Å². The lowest BCUT2D eigenvalue weighted by Crippen LogP contribution is -2.26. The van der Waals surface area contributed by atoms with E-state index in [1.807, 2.05) is 24.3 Å². The van der Waals surface area contributed by atoms with Crippen LogP contribution in [-0.4, -0.2) is 56.5 Å². The first-order valence-corrected chi connectivity index (χ1v) is 12.2. The van der Waals surface area contributed by atoms with Crippen molar-refractivity contribution in [3.8, 4) is 40.0 Å². The third-order valence-corrected chi connectivity index (χ3v) is 6.56. The summed E-state index contributed by atoms with van der Waals surface area (Å²) in [6.07, 6.45) is 3.34. The molecule has 1 fully saturated rings. The number of aromatic nitrogens is 1. The van der Waals surface area contributed by atoms with Gasteiger partial charge < -0.3 is 18.6 Å². The summed E-state index contributed by atoms with van der Waals surface area (Å²) in [4.78, 5) is 22.0. The Morgan fingerprint density at radius 3 is 2.61 bits per heavy atom. The van der Waals surface area contributed by atoms with Gasteiger partial charge in [0, 0.05) is 43.3 Å². The quantitative estimate of drug-likeness (QED) is 0.309. The Morgan fingerprint density at radius 1 is 1.05 bits per heavy atom. The molecule has 0 radical (unpaired) electrons. The van der Waals surface area contributed by atoms with E-state index in [9.17, 15) is 10.1 Å². The second-order valence-electron chi connectivity index (χ2n) is 8.84. The molecule has 0 unspecified atom stereocenters. The molecule has 0 aliphatic carbocycles. The maximum Gasteiger partial charge on any atom is 0.277 e. The highest BCUT2D eigenvalue weighted by molar-refractivity contribution is 5.96. The minimum Gasteiger partial charge on any atom is -0.496 e. The molecule has 1 aliphatic rings. The number of hydroxylamine groups is 2. The summed E-state index contributed by atoms with van der Waals surface area (Å²) < 4.78 is 23.4. The number of fused-ring (bicyclic) bond motifs is 1. The van der Waals surface area contributed by atoms with Crippen molar-refractivity contribution in [3.05, 3.63) is 65.9 Å². The number of carbonyl (C=O) groups excluding carboxylic acids is 1. The minimum atomic E-state index is -0.302. The van der Waals surface area contributed by atoms with Crippen LogP contribution in [0.2, 0.25) is 0 Å². The van der Waals surface area contributed by atoms with Crippen molar-refractivity contribution in [1.82, 2.24) is 10.0 Å². The number of hydrogen-bond donors (Lipinski definition) is 0. The van der Waals surface area contributed by atoms with Crippen LogP contribution in [0.25, 0.3) is 33.6 Å². The molecule has 4 aromatic rings. The Kier molecular flexibility index (Phi) is 7.26. The van der Waals surface area contributed by atoms with E-state index in [2.05, 4.69) is 11.1 Å². The van der Waals surface area contributed by atoms with Crippen LogP contribution in [0.3, 0.4) is 0 Å². The zero-order valence-electron chi connectivity index (χ0n) is 21.4. The van der Waals surface area contributed by atoms with E-state index in [4.69, 9.17) is 23.5 Å². The zero-order chi connectivity index (χ0) is 26.6. The Bertz CT molecular complexity index is 1520. The molecule has 9 heteroatoms. The fourth-order valence-electron chi connectivity index (χ4n) is 4.45. The molecule has 194 valence electrons. The predicted molar refractivity (Wildman–Crippen MR) is 140 cm³/mol. The molecule has 0 bridgehead atoms. The van der Waals surface area contributed by atoms with Crippen molar-refractivity contribution < 1.29 is 28.3 Å². The van der Waals surface area contributed by atoms with E-state index in [1.54, 1.807) is 30.5 Å². The molecule has 1 amide bonds. The maximum atomic E-state index is 12.5. The first kappa shape index (κ1) is 25.3. The Balaban J connectivity index is 1.50. The first-order chi connectivity index (χ1) is 18.5. The summed E-state index contributed by atoms with van der Waals surface area (Å²) >= 11 is 0. The van der Waals surface area contributed by atoms with Crippen LogP contribution in [0.5, 0.6) is 11.5 Å². The predicted octanol–water partition coefficient (Wildman–Crippen LogP) is 5.23. The fraction of sp³-hybridized carbons (Fsp3) is 0.276. The molecule has 1 aliphatic heterocycles. The molecule has 0 saturated carbocycles. The number of amides is 1. The normalized spacial score (nSPS) is 13.7. The number of furan rings is 1. The fourth-order valence-corrected chi connectivity index (χ4v) is 4.45. The molecule has 0 N–H and O–H groups in total. The van der Waals surface area contributed by atoms with Crippen molar-refractivity contribution in [1.29, 1.82) is 5.26 Å². The van der Waals surface area contributed by atoms with Crippen LogP contribution in [0, 0.1) is 11.3 Å². The number of benzene rings is 2. The monoisotopic (exact) mass is 513 g/mol. The second kappa shape index (κ2) is 10.9. The summed E-state index contributed by atoms with van der Waals surface area (Å²) in [7, 11) is 4.50. The van der Waals surface area contributed by atoms with Gasteiger partial charge in [-0.15, -0.1) is 0 Å². The van der Waals surface area contributed by atoms with E-state index in [1.165, 1.54) is 21.3 Å². The average molecular weight is 514 g/mol. The van der Waals surface area contributed by atoms with Gasteiger partial charge in [0.25, 0.3) is 5.91 Å². The molecule has 5 rings (SSSR count). The van der Waals surface area contributed by atoms with E-state index in [-0.39, 0.29) is 12.0 Å². The van der Waals surface area contributed by atoms with E-state index in [0.717, 1.165) is 29.0 Å². The Hall–Kier alpha value is -4.39. The van der Waals surface area contributed by atoms with Gasteiger partial charge >= 0.3 is 0 Å². The van der Waals surface area contributed by atoms with Gasteiger partial charge in [0.1, 0.15) is 34.9 Å². The van der Waals surface area contributed by atoms with Gasteiger partial charge in [-0.05, 0) is 42.0 Å². The number of pyridine rings is 1. The SMILES string of the molecule is COc1cc(C(=O)N(C)OC)ccc1-c1cc2nccc(-c3ccc(OC4CCOCC4)c(C#N)c3)c2o1. The van der Waals surface area contributed by atoms with Crippen LogP contribution in [0.4, 0.5) is 0 Å². The molecular weight excluding hydrogens is 486 g/mol. The lowest BCUT2D eigenvalue weighted by Gasteiger charge is -2.23. The van der Waals surface area contributed by atoms with Crippen LogP contribution < -0.4 is 9.47 Å². The molecule has 0 spiro atoms. The van der Waals surface area contributed by atoms with Crippen LogP contribution in [0.15, 0.2) is 59.1 Å². The number of hydrogen-bond acceptors (Lipinski definition) is 8. The van der Waals surface area contributed by atoms with Gasteiger partial charge in [-0.3, -0.25) is 14.6 Å². The molecule has 9 nitrogen and oxygen atoms in total. The summed E-state index contributed by atoms with van der Waals surface area (Å²) in [5.41, 5.74) is 4.37. The summed E-state index contributed by atoms with van der Waals surface area (Å²) in [6.45, 7) is 1.32. The van der Waals surface area contributed by atoms with Crippen LogP contribution in [-0.2, 0) is 9.57 Å². The second-order valence-corrected chi connectivity index (χ2v) is 8.84.